The second-order valence-corrected chi connectivity index (χ2v) is 8.95. The van der Waals surface area contributed by atoms with E-state index in [-0.39, 0.29) is 24.0 Å². The Morgan fingerprint density at radius 2 is 2.03 bits per heavy atom. The van der Waals surface area contributed by atoms with Crippen molar-refractivity contribution in [3.8, 4) is 11.5 Å². The molecule has 1 amide bonds. The number of carbonyl (C=O) groups is 1. The molecule has 2 heterocycles. The molecule has 0 radical (unpaired) electrons. The van der Waals surface area contributed by atoms with Crippen LogP contribution < -0.4 is 14.4 Å². The molecule has 0 saturated heterocycles. The lowest BCUT2D eigenvalue weighted by atomic mass is 9.63. The van der Waals surface area contributed by atoms with E-state index in [0.29, 0.717) is 12.5 Å². The lowest BCUT2D eigenvalue weighted by Gasteiger charge is -2.43. The molecule has 1 fully saturated rings. The van der Waals surface area contributed by atoms with Gasteiger partial charge in [-0.25, -0.2) is 4.98 Å². The minimum Gasteiger partial charge on any atom is -0.454 e. The number of pyridine rings is 1. The predicted molar refractivity (Wildman–Crippen MR) is 113 cm³/mol. The van der Waals surface area contributed by atoms with Crippen LogP contribution in [-0.4, -0.2) is 24.2 Å². The van der Waals surface area contributed by atoms with Gasteiger partial charge >= 0.3 is 0 Å². The Bertz CT molecular complexity index is 866. The van der Waals surface area contributed by atoms with E-state index in [1.54, 1.807) is 6.20 Å². The second kappa shape index (κ2) is 8.05. The summed E-state index contributed by atoms with van der Waals surface area (Å²) in [4.78, 5) is 20.2. The van der Waals surface area contributed by atoms with Crippen LogP contribution in [0.5, 0.6) is 11.5 Å². The first-order valence-corrected chi connectivity index (χ1v) is 10.6. The highest BCUT2D eigenvalue weighted by molar-refractivity contribution is 5.95. The molecule has 2 aromatic rings. The lowest BCUT2D eigenvalue weighted by molar-refractivity contribution is -0.130. The monoisotopic (exact) mass is 394 g/mol. The summed E-state index contributed by atoms with van der Waals surface area (Å²) < 4.78 is 10.9. The molecule has 154 valence electrons. The Labute approximate surface area is 173 Å². The van der Waals surface area contributed by atoms with Gasteiger partial charge in [-0.05, 0) is 60.4 Å². The van der Waals surface area contributed by atoms with Gasteiger partial charge in [-0.15, -0.1) is 0 Å². The Hall–Kier alpha value is -2.56. The summed E-state index contributed by atoms with van der Waals surface area (Å²) in [6, 6.07) is 11.8. The summed E-state index contributed by atoms with van der Waals surface area (Å²) in [7, 11) is 0. The van der Waals surface area contributed by atoms with Gasteiger partial charge in [-0.1, -0.05) is 39.3 Å². The molecule has 4 rings (SSSR count). The number of fused-ring (bicyclic) bond motifs is 1. The van der Waals surface area contributed by atoms with Gasteiger partial charge in [0.05, 0.1) is 0 Å². The fourth-order valence-corrected chi connectivity index (χ4v) is 4.91. The molecule has 2 unspecified atom stereocenters. The van der Waals surface area contributed by atoms with E-state index in [9.17, 15) is 4.79 Å². The van der Waals surface area contributed by atoms with Gasteiger partial charge in [-0.2, -0.15) is 0 Å². The highest BCUT2D eigenvalue weighted by atomic mass is 16.7. The summed E-state index contributed by atoms with van der Waals surface area (Å²) in [6.07, 6.45) is 5.88. The van der Waals surface area contributed by atoms with Crippen LogP contribution in [0.4, 0.5) is 5.82 Å². The van der Waals surface area contributed by atoms with Gasteiger partial charge in [0.1, 0.15) is 5.82 Å². The Kier molecular flexibility index (Phi) is 5.48. The molecule has 2 aliphatic rings. The number of benzene rings is 1. The summed E-state index contributed by atoms with van der Waals surface area (Å²) in [5.41, 5.74) is 1.12. The zero-order chi connectivity index (χ0) is 20.4. The lowest BCUT2D eigenvalue weighted by Crippen LogP contribution is -2.48. The zero-order valence-electron chi connectivity index (χ0n) is 17.6. The zero-order valence-corrected chi connectivity index (χ0v) is 17.6. The maximum Gasteiger partial charge on any atom is 0.232 e. The van der Waals surface area contributed by atoms with Crippen LogP contribution in [0, 0.1) is 17.3 Å². The molecular formula is C24H30N2O3. The van der Waals surface area contributed by atoms with Crippen molar-refractivity contribution in [3.05, 3.63) is 48.2 Å². The standard InChI is InChI=1S/C24H30N2O3/c1-17-7-6-12-24(2,3)22(17)23(27)26(21-8-4-5-13-25-21)14-11-18-9-10-19-20(15-18)29-16-28-19/h4-5,8-10,13,15,17,22H,6-7,11-12,14,16H2,1-3H3. The molecule has 1 aliphatic carbocycles. The van der Waals surface area contributed by atoms with Crippen molar-refractivity contribution in [2.24, 2.45) is 17.3 Å². The number of anilines is 1. The largest absolute Gasteiger partial charge is 0.454 e. The van der Waals surface area contributed by atoms with E-state index in [1.807, 2.05) is 41.3 Å². The Morgan fingerprint density at radius 3 is 2.79 bits per heavy atom. The maximum atomic E-state index is 13.8. The Balaban J connectivity index is 1.57. The van der Waals surface area contributed by atoms with E-state index in [4.69, 9.17) is 9.47 Å². The second-order valence-electron chi connectivity index (χ2n) is 8.95. The molecule has 0 bridgehead atoms. The molecule has 0 spiro atoms. The van der Waals surface area contributed by atoms with E-state index in [2.05, 4.69) is 25.8 Å². The van der Waals surface area contributed by atoms with Crippen LogP contribution in [-0.2, 0) is 11.2 Å². The maximum absolute atomic E-state index is 13.8. The van der Waals surface area contributed by atoms with Gasteiger partial charge in [0.25, 0.3) is 0 Å². The molecule has 5 nitrogen and oxygen atoms in total. The molecule has 1 aromatic heterocycles. The molecule has 1 aliphatic heterocycles. The minimum absolute atomic E-state index is 0.000525. The number of carbonyl (C=O) groups excluding carboxylic acids is 1. The molecule has 1 aromatic carbocycles. The van der Waals surface area contributed by atoms with Gasteiger partial charge < -0.3 is 9.47 Å². The summed E-state index contributed by atoms with van der Waals surface area (Å²) in [5.74, 6) is 2.87. The topological polar surface area (TPSA) is 51.7 Å². The minimum atomic E-state index is 0.000525. The molecule has 29 heavy (non-hydrogen) atoms. The third-order valence-electron chi connectivity index (χ3n) is 6.41. The first kappa shape index (κ1) is 19.7. The number of rotatable bonds is 5. The van der Waals surface area contributed by atoms with Gasteiger partial charge in [0.15, 0.2) is 11.5 Å². The van der Waals surface area contributed by atoms with Crippen molar-refractivity contribution in [2.75, 3.05) is 18.2 Å². The molecule has 1 saturated carbocycles. The van der Waals surface area contributed by atoms with Crippen molar-refractivity contribution >= 4 is 11.7 Å². The van der Waals surface area contributed by atoms with E-state index in [0.717, 1.165) is 42.1 Å². The van der Waals surface area contributed by atoms with Crippen molar-refractivity contribution in [2.45, 2.75) is 46.5 Å². The predicted octanol–water partition coefficient (Wildman–Crippen LogP) is 4.85. The smallest absolute Gasteiger partial charge is 0.232 e. The number of hydrogen-bond acceptors (Lipinski definition) is 4. The number of hydrogen-bond donors (Lipinski definition) is 0. The van der Waals surface area contributed by atoms with Crippen LogP contribution >= 0.6 is 0 Å². The molecular weight excluding hydrogens is 364 g/mol. The molecule has 2 atom stereocenters. The Morgan fingerprint density at radius 1 is 1.21 bits per heavy atom. The molecule has 0 N–H and O–H groups in total. The number of amides is 1. The SMILES string of the molecule is CC1CCCC(C)(C)C1C(=O)N(CCc1ccc2c(c1)OCO2)c1ccccn1. The third-order valence-corrected chi connectivity index (χ3v) is 6.41. The van der Waals surface area contributed by atoms with Crippen LogP contribution in [0.25, 0.3) is 0 Å². The first-order valence-electron chi connectivity index (χ1n) is 10.6. The van der Waals surface area contributed by atoms with Gasteiger partial charge in [0, 0.05) is 18.7 Å². The quantitative estimate of drug-likeness (QED) is 0.728. The molecule has 5 heteroatoms. The van der Waals surface area contributed by atoms with Crippen molar-refractivity contribution in [3.63, 3.8) is 0 Å². The summed E-state index contributed by atoms with van der Waals surface area (Å²) in [6.45, 7) is 7.55. The van der Waals surface area contributed by atoms with Crippen molar-refractivity contribution in [1.82, 2.24) is 4.98 Å². The van der Waals surface area contributed by atoms with E-state index >= 15 is 0 Å². The number of nitrogens with zero attached hydrogens (tertiary/aromatic N) is 2. The van der Waals surface area contributed by atoms with Gasteiger partial charge in [0.2, 0.25) is 12.7 Å². The highest BCUT2D eigenvalue weighted by Gasteiger charge is 2.43. The van der Waals surface area contributed by atoms with E-state index < -0.39 is 0 Å². The fourth-order valence-electron chi connectivity index (χ4n) is 4.91. The van der Waals surface area contributed by atoms with Crippen LogP contribution in [0.15, 0.2) is 42.6 Å². The van der Waals surface area contributed by atoms with Crippen LogP contribution in [0.1, 0.15) is 45.6 Å². The van der Waals surface area contributed by atoms with Gasteiger partial charge in [-0.3, -0.25) is 9.69 Å². The summed E-state index contributed by atoms with van der Waals surface area (Å²) >= 11 is 0. The van der Waals surface area contributed by atoms with E-state index in [1.165, 1.54) is 6.42 Å². The third kappa shape index (κ3) is 4.09. The fraction of sp³-hybridized carbons (Fsp3) is 0.500. The normalized spacial score (nSPS) is 22.3. The van der Waals surface area contributed by atoms with Crippen molar-refractivity contribution < 1.29 is 14.3 Å². The summed E-state index contributed by atoms with van der Waals surface area (Å²) in [5, 5.41) is 0. The average molecular weight is 395 g/mol. The number of aromatic nitrogens is 1. The first-order chi connectivity index (χ1) is 14.0. The van der Waals surface area contributed by atoms with Crippen LogP contribution in [0.2, 0.25) is 0 Å². The average Bonchev–Trinajstić information content (AvgIpc) is 3.16. The van der Waals surface area contributed by atoms with Crippen molar-refractivity contribution in [1.29, 1.82) is 0 Å². The number of ether oxygens (including phenoxy) is 2. The highest BCUT2D eigenvalue weighted by Crippen LogP contribution is 2.45. The van der Waals surface area contributed by atoms with Crippen LogP contribution in [0.3, 0.4) is 0 Å².